The third kappa shape index (κ3) is 5.21. The van der Waals surface area contributed by atoms with E-state index < -0.39 is 0 Å². The molecule has 0 unspecified atom stereocenters. The average molecular weight is 483 g/mol. The number of thiocarbonyl (C=S) groups is 1. The highest BCUT2D eigenvalue weighted by Crippen LogP contribution is 2.36. The van der Waals surface area contributed by atoms with E-state index >= 15 is 0 Å². The molecule has 1 aromatic heterocycles. The van der Waals surface area contributed by atoms with Crippen molar-refractivity contribution in [1.82, 2.24) is 10.2 Å². The van der Waals surface area contributed by atoms with Crippen LogP contribution < -0.4 is 15.0 Å². The molecule has 1 aliphatic heterocycles. The van der Waals surface area contributed by atoms with Crippen molar-refractivity contribution in [2.45, 2.75) is 13.3 Å². The lowest BCUT2D eigenvalue weighted by atomic mass is 10.2. The van der Waals surface area contributed by atoms with Gasteiger partial charge in [-0.25, -0.2) is 0 Å². The molecule has 2 heterocycles. The van der Waals surface area contributed by atoms with Crippen LogP contribution in [-0.2, 0) is 16.0 Å². The van der Waals surface area contributed by atoms with E-state index in [0.29, 0.717) is 20.1 Å². The normalized spacial score (nSPS) is 14.8. The van der Waals surface area contributed by atoms with Gasteiger partial charge in [0.05, 0.1) is 10.6 Å². The Labute approximate surface area is 198 Å². The number of hydrogen-bond acceptors (Lipinski definition) is 8. The zero-order valence-corrected chi connectivity index (χ0v) is 19.4. The standard InChI is InChI=1S/C22H18N4O3S3/c1-2-19-24-25-21(32-19)23-18(27)13-29-16-10-8-14(9-11-16)12-17-20(28)26(22(30)31-17)15-6-4-3-5-7-15/h3-12H,2,13H2,1H3,(H,23,25,27)/b17-12-. The number of hydrogen-bond donors (Lipinski definition) is 1. The van der Waals surface area contributed by atoms with Crippen LogP contribution in [0.15, 0.2) is 59.5 Å². The first-order valence-electron chi connectivity index (χ1n) is 9.71. The van der Waals surface area contributed by atoms with Crippen LogP contribution in [0.4, 0.5) is 10.8 Å². The van der Waals surface area contributed by atoms with Crippen LogP contribution in [0.2, 0.25) is 0 Å². The van der Waals surface area contributed by atoms with Gasteiger partial charge in [0.15, 0.2) is 10.9 Å². The van der Waals surface area contributed by atoms with Gasteiger partial charge in [-0.2, -0.15) is 0 Å². The molecule has 1 aliphatic rings. The van der Waals surface area contributed by atoms with Crippen LogP contribution in [0.25, 0.3) is 6.08 Å². The molecule has 32 heavy (non-hydrogen) atoms. The van der Waals surface area contributed by atoms with Crippen molar-refractivity contribution < 1.29 is 14.3 Å². The molecule has 0 aliphatic carbocycles. The lowest BCUT2D eigenvalue weighted by Crippen LogP contribution is -2.27. The second-order valence-electron chi connectivity index (χ2n) is 6.61. The first-order valence-corrected chi connectivity index (χ1v) is 11.8. The molecule has 7 nitrogen and oxygen atoms in total. The topological polar surface area (TPSA) is 84.4 Å². The summed E-state index contributed by atoms with van der Waals surface area (Å²) >= 11 is 8.00. The fourth-order valence-electron chi connectivity index (χ4n) is 2.83. The minimum atomic E-state index is -0.308. The van der Waals surface area contributed by atoms with Crippen molar-refractivity contribution in [3.8, 4) is 5.75 Å². The molecule has 4 rings (SSSR count). The number of nitrogens with zero attached hydrogens (tertiary/aromatic N) is 3. The summed E-state index contributed by atoms with van der Waals surface area (Å²) < 4.78 is 6.03. The van der Waals surface area contributed by atoms with E-state index in [-0.39, 0.29) is 18.4 Å². The van der Waals surface area contributed by atoms with E-state index in [1.165, 1.54) is 28.0 Å². The smallest absolute Gasteiger partial charge is 0.270 e. The van der Waals surface area contributed by atoms with Gasteiger partial charge in [0.1, 0.15) is 10.8 Å². The van der Waals surface area contributed by atoms with E-state index in [9.17, 15) is 9.59 Å². The maximum Gasteiger partial charge on any atom is 0.270 e. The number of rotatable bonds is 7. The Morgan fingerprint density at radius 1 is 1.16 bits per heavy atom. The molecule has 162 valence electrons. The van der Waals surface area contributed by atoms with Crippen LogP contribution in [0, 0.1) is 0 Å². The number of anilines is 2. The highest BCUT2D eigenvalue weighted by atomic mass is 32.2. The molecule has 0 atom stereocenters. The average Bonchev–Trinajstić information content (AvgIpc) is 3.37. The molecule has 2 aromatic carbocycles. The molecule has 1 N–H and O–H groups in total. The Hall–Kier alpha value is -3.08. The van der Waals surface area contributed by atoms with Crippen molar-refractivity contribution in [1.29, 1.82) is 0 Å². The Bertz CT molecular complexity index is 1180. The number of aromatic nitrogens is 2. The van der Waals surface area contributed by atoms with E-state index in [1.807, 2.05) is 49.4 Å². The Morgan fingerprint density at radius 2 is 1.91 bits per heavy atom. The third-order valence-corrected chi connectivity index (χ3v) is 6.66. The maximum absolute atomic E-state index is 12.8. The number of amides is 2. The molecule has 0 spiro atoms. The van der Waals surface area contributed by atoms with Gasteiger partial charge in [-0.1, -0.05) is 72.6 Å². The fraction of sp³-hybridized carbons (Fsp3) is 0.136. The summed E-state index contributed by atoms with van der Waals surface area (Å²) in [5, 5.41) is 11.9. The van der Waals surface area contributed by atoms with E-state index in [4.69, 9.17) is 17.0 Å². The monoisotopic (exact) mass is 482 g/mol. The van der Waals surface area contributed by atoms with Crippen LogP contribution >= 0.6 is 35.3 Å². The van der Waals surface area contributed by atoms with Gasteiger partial charge in [-0.3, -0.25) is 19.8 Å². The lowest BCUT2D eigenvalue weighted by Gasteiger charge is -2.13. The third-order valence-electron chi connectivity index (χ3n) is 4.37. The SMILES string of the molecule is CCc1nnc(NC(=O)COc2ccc(/C=C3\SC(=S)N(c4ccccc4)C3=O)cc2)s1. The summed E-state index contributed by atoms with van der Waals surface area (Å²) in [6, 6.07) is 16.5. The number of thioether (sulfide) groups is 1. The zero-order valence-electron chi connectivity index (χ0n) is 17.0. The Kier molecular flexibility index (Phi) is 6.93. The summed E-state index contributed by atoms with van der Waals surface area (Å²) in [5.74, 6) is 0.0872. The van der Waals surface area contributed by atoms with Gasteiger partial charge in [-0.05, 0) is 42.3 Å². The molecule has 0 saturated carbocycles. The lowest BCUT2D eigenvalue weighted by molar-refractivity contribution is -0.118. The van der Waals surface area contributed by atoms with Crippen molar-refractivity contribution in [2.24, 2.45) is 0 Å². The number of para-hydroxylation sites is 1. The highest BCUT2D eigenvalue weighted by molar-refractivity contribution is 8.27. The summed E-state index contributed by atoms with van der Waals surface area (Å²) in [7, 11) is 0. The van der Waals surface area contributed by atoms with Crippen molar-refractivity contribution in [2.75, 3.05) is 16.8 Å². The van der Waals surface area contributed by atoms with Crippen molar-refractivity contribution >= 4 is 68.3 Å². The highest BCUT2D eigenvalue weighted by Gasteiger charge is 2.33. The molecule has 1 fully saturated rings. The van der Waals surface area contributed by atoms with Crippen LogP contribution in [0.5, 0.6) is 5.75 Å². The Morgan fingerprint density at radius 3 is 2.59 bits per heavy atom. The fourth-order valence-corrected chi connectivity index (χ4v) is 4.82. The number of carbonyl (C=O) groups is 2. The van der Waals surface area contributed by atoms with E-state index in [2.05, 4.69) is 15.5 Å². The number of benzene rings is 2. The first-order chi connectivity index (χ1) is 15.5. The Balaban J connectivity index is 1.35. The second kappa shape index (κ2) is 10.0. The van der Waals surface area contributed by atoms with Crippen molar-refractivity contribution in [3.05, 3.63) is 70.1 Å². The van der Waals surface area contributed by atoms with Gasteiger partial charge >= 0.3 is 0 Å². The number of nitrogens with one attached hydrogen (secondary N) is 1. The van der Waals surface area contributed by atoms with Crippen molar-refractivity contribution in [3.63, 3.8) is 0 Å². The summed E-state index contributed by atoms with van der Waals surface area (Å²) in [4.78, 5) is 26.9. The van der Waals surface area contributed by atoms with Gasteiger partial charge in [0.2, 0.25) is 5.13 Å². The minimum absolute atomic E-state index is 0.143. The second-order valence-corrected chi connectivity index (χ2v) is 9.35. The molecule has 2 amide bonds. The quantitative estimate of drug-likeness (QED) is 0.391. The molecular formula is C22H18N4O3S3. The van der Waals surface area contributed by atoms with Gasteiger partial charge in [0, 0.05) is 0 Å². The predicted octanol–water partition coefficient (Wildman–Crippen LogP) is 4.52. The van der Waals surface area contributed by atoms with Crippen LogP contribution in [-0.4, -0.2) is 32.9 Å². The number of carbonyl (C=O) groups excluding carboxylic acids is 2. The first kappa shape index (κ1) is 22.1. The van der Waals surface area contributed by atoms with E-state index in [0.717, 1.165) is 22.7 Å². The maximum atomic E-state index is 12.8. The number of ether oxygens (including phenoxy) is 1. The summed E-state index contributed by atoms with van der Waals surface area (Å²) in [6.07, 6.45) is 2.56. The minimum Gasteiger partial charge on any atom is -0.484 e. The molecule has 0 bridgehead atoms. The molecule has 1 saturated heterocycles. The molecular weight excluding hydrogens is 464 g/mol. The van der Waals surface area contributed by atoms with Gasteiger partial charge in [0.25, 0.3) is 11.8 Å². The van der Waals surface area contributed by atoms with Crippen LogP contribution in [0.1, 0.15) is 17.5 Å². The predicted molar refractivity (Wildman–Crippen MR) is 132 cm³/mol. The summed E-state index contributed by atoms with van der Waals surface area (Å²) in [6.45, 7) is 1.83. The molecule has 3 aromatic rings. The largest absolute Gasteiger partial charge is 0.484 e. The molecule has 0 radical (unpaired) electrons. The van der Waals surface area contributed by atoms with Crippen LogP contribution in [0.3, 0.4) is 0 Å². The van der Waals surface area contributed by atoms with Gasteiger partial charge in [-0.15, -0.1) is 10.2 Å². The van der Waals surface area contributed by atoms with E-state index in [1.54, 1.807) is 18.2 Å². The summed E-state index contributed by atoms with van der Waals surface area (Å²) in [5.41, 5.74) is 1.58. The zero-order chi connectivity index (χ0) is 22.5. The van der Waals surface area contributed by atoms with Gasteiger partial charge < -0.3 is 4.74 Å². The molecule has 10 heteroatoms. The number of aryl methyl sites for hydroxylation is 1.